The van der Waals surface area contributed by atoms with Crippen molar-refractivity contribution in [3.63, 3.8) is 0 Å². The first-order valence-electron chi connectivity index (χ1n) is 33.2. The van der Waals surface area contributed by atoms with Gasteiger partial charge in [-0.05, 0) is 107 Å². The third-order valence-electron chi connectivity index (χ3n) is 18.8. The van der Waals surface area contributed by atoms with Crippen molar-refractivity contribution in [2.45, 2.75) is 203 Å². The van der Waals surface area contributed by atoms with Crippen molar-refractivity contribution >= 4 is 196 Å². The molecule has 0 radical (unpaired) electrons. The summed E-state index contributed by atoms with van der Waals surface area (Å²) in [6.07, 6.45) is 0. The minimum absolute atomic E-state index is 0.270. The fourth-order valence-electron chi connectivity index (χ4n) is 13.0. The van der Waals surface area contributed by atoms with Crippen molar-refractivity contribution in [3.8, 4) is 0 Å². The molecule has 0 saturated heterocycles. The first kappa shape index (κ1) is 66.9. The monoisotopic (exact) mass is 1320 g/mol. The van der Waals surface area contributed by atoms with Crippen LogP contribution in [0.1, 0.15) is 52.7 Å². The van der Waals surface area contributed by atoms with E-state index in [9.17, 15) is 0 Å². The molecule has 10 aromatic rings. The summed E-state index contributed by atoms with van der Waals surface area (Å²) in [6.45, 7) is 71.7. The molecule has 0 saturated carbocycles. The molecule has 4 nitrogen and oxygen atoms in total. The molecule has 89 heavy (non-hydrogen) atoms. The molecule has 10 rings (SSSR count). The third-order valence-corrected chi connectivity index (χ3v) is 34.6. The van der Waals surface area contributed by atoms with Gasteiger partial charge < -0.3 is 18.6 Å². The van der Waals surface area contributed by atoms with E-state index in [1.807, 2.05) is 0 Å². The van der Waals surface area contributed by atoms with Gasteiger partial charge >= 0.3 is 0 Å². The first-order chi connectivity index (χ1) is 40.6. The number of rotatable bonds is 14. The molecule has 2 heterocycles. The lowest BCUT2D eigenvalue weighted by Crippen LogP contribution is -2.46. The Hall–Kier alpha value is -5.04. The standard InChI is InChI=1S/C77H108N2O2Si8/c1-76(2,3)72-67-49-69-65-33-31-51(79(54-38-60(86(18,19)20)46-61(39-54)87(21,22)23)55-40-62(88(24,25)26)47-63(41-55)89(27,28)29)43-71(65)81-75(69)73(77(4,5)6)66(67)48-68-64-32-30-50(42-70(64)80-74(68)72)78(52-34-56(82(7)8)44-57(35-52)83(9,10)11)53-36-58(84(12,13)14)45-59(37-53)85(15,16)17/h30-49,82H,1-29H3. The Morgan fingerprint density at radius 3 is 0.787 bits per heavy atom. The number of nitrogens with zero attached hydrogens (tertiary/aromatic N) is 2. The highest BCUT2D eigenvalue weighted by molar-refractivity contribution is 6.93. The van der Waals surface area contributed by atoms with Crippen LogP contribution in [0.3, 0.4) is 0 Å². The molecule has 0 bridgehead atoms. The predicted octanol–water partition coefficient (Wildman–Crippen LogP) is 19.7. The average molecular weight is 1320 g/mol. The van der Waals surface area contributed by atoms with Gasteiger partial charge in [0.2, 0.25) is 0 Å². The van der Waals surface area contributed by atoms with Crippen LogP contribution in [-0.2, 0) is 10.8 Å². The number of anilines is 6. The minimum Gasteiger partial charge on any atom is -0.456 e. The van der Waals surface area contributed by atoms with Crippen LogP contribution in [0.4, 0.5) is 34.1 Å². The van der Waals surface area contributed by atoms with Crippen LogP contribution in [0.25, 0.3) is 54.6 Å². The molecule has 2 aromatic heterocycles. The lowest BCUT2D eigenvalue weighted by Gasteiger charge is -2.32. The summed E-state index contributed by atoms with van der Waals surface area (Å²) in [7, 11) is -13.3. The van der Waals surface area contributed by atoms with Gasteiger partial charge in [-0.15, -0.1) is 0 Å². The molecule has 0 spiro atoms. The topological polar surface area (TPSA) is 32.8 Å². The molecule has 0 N–H and O–H groups in total. The largest absolute Gasteiger partial charge is 0.456 e. The van der Waals surface area contributed by atoms with E-state index in [1.165, 1.54) is 86.1 Å². The summed E-state index contributed by atoms with van der Waals surface area (Å²) >= 11 is 0. The van der Waals surface area contributed by atoms with Crippen molar-refractivity contribution in [3.05, 3.63) is 132 Å². The van der Waals surface area contributed by atoms with Crippen molar-refractivity contribution < 1.29 is 8.83 Å². The van der Waals surface area contributed by atoms with Crippen LogP contribution < -0.4 is 51.3 Å². The zero-order valence-electron chi connectivity index (χ0n) is 60.3. The van der Waals surface area contributed by atoms with Gasteiger partial charge in [0.05, 0.1) is 65.3 Å². The molecule has 0 aliphatic heterocycles. The van der Waals surface area contributed by atoms with Crippen LogP contribution >= 0.6 is 0 Å². The number of hydrogen-bond donors (Lipinski definition) is 0. The molecular weight excluding hydrogens is 1210 g/mol. The van der Waals surface area contributed by atoms with Crippen LogP contribution in [0, 0.1) is 0 Å². The molecule has 0 aliphatic carbocycles. The van der Waals surface area contributed by atoms with Crippen molar-refractivity contribution in [1.29, 1.82) is 0 Å². The molecule has 0 atom stereocenters. The Morgan fingerprint density at radius 1 is 0.281 bits per heavy atom. The Morgan fingerprint density at radius 2 is 0.539 bits per heavy atom. The highest BCUT2D eigenvalue weighted by atomic mass is 28.3. The molecule has 12 heteroatoms. The maximum Gasteiger partial charge on any atom is 0.139 e. The lowest BCUT2D eigenvalue weighted by atomic mass is 9.77. The van der Waals surface area contributed by atoms with E-state index >= 15 is 0 Å². The molecule has 470 valence electrons. The maximum atomic E-state index is 7.52. The van der Waals surface area contributed by atoms with Gasteiger partial charge in [-0.25, -0.2) is 0 Å². The predicted molar refractivity (Wildman–Crippen MR) is 425 cm³/mol. The molecule has 0 unspecified atom stereocenters. The van der Waals surface area contributed by atoms with Crippen LogP contribution in [0.5, 0.6) is 0 Å². The Labute approximate surface area is 545 Å². The van der Waals surface area contributed by atoms with E-state index in [0.717, 1.165) is 55.3 Å². The maximum absolute atomic E-state index is 7.52. The summed E-state index contributed by atoms with van der Waals surface area (Å²) in [6, 6.07) is 49.7. The summed E-state index contributed by atoms with van der Waals surface area (Å²) < 4.78 is 15.0. The highest BCUT2D eigenvalue weighted by Crippen LogP contribution is 2.50. The fraction of sp³-hybridized carbons (Fsp3) is 0.403. The number of hydrogen-bond acceptors (Lipinski definition) is 4. The number of benzene rings is 8. The zero-order valence-corrected chi connectivity index (χ0v) is 68.5. The third kappa shape index (κ3) is 13.2. The van der Waals surface area contributed by atoms with Crippen molar-refractivity contribution in [2.75, 3.05) is 9.80 Å². The van der Waals surface area contributed by atoms with Crippen molar-refractivity contribution in [2.24, 2.45) is 0 Å². The van der Waals surface area contributed by atoms with E-state index in [2.05, 4.69) is 323 Å². The quantitative estimate of drug-likeness (QED) is 0.102. The molecular formula is C77H108N2O2Si8. The fourth-order valence-corrected chi connectivity index (χ4v) is 22.8. The van der Waals surface area contributed by atoms with Gasteiger partial charge in [0.25, 0.3) is 0 Å². The number of fused-ring (bicyclic) bond motifs is 7. The lowest BCUT2D eigenvalue weighted by molar-refractivity contribution is 0.573. The normalized spacial score (nSPS) is 13.8. The summed E-state index contributed by atoms with van der Waals surface area (Å²) in [5, 5.41) is 19.2. The second kappa shape index (κ2) is 22.3. The second-order valence-electron chi connectivity index (χ2n) is 36.1. The summed E-state index contributed by atoms with van der Waals surface area (Å²) in [4.78, 5) is 5.19. The van der Waals surface area contributed by atoms with Gasteiger partial charge in [0.15, 0.2) is 0 Å². The van der Waals surface area contributed by atoms with E-state index in [0.29, 0.717) is 0 Å². The van der Waals surface area contributed by atoms with Gasteiger partial charge in [-0.1, -0.05) is 258 Å². The minimum atomic E-state index is -1.74. The van der Waals surface area contributed by atoms with Crippen LogP contribution in [0.2, 0.25) is 151 Å². The van der Waals surface area contributed by atoms with Crippen molar-refractivity contribution in [1.82, 2.24) is 0 Å². The Bertz CT molecular complexity index is 4250. The van der Waals surface area contributed by atoms with Crippen LogP contribution in [0.15, 0.2) is 130 Å². The first-order valence-corrected chi connectivity index (χ1v) is 60.5. The average Bonchev–Trinajstić information content (AvgIpc) is 1.67. The van der Waals surface area contributed by atoms with E-state index in [-0.39, 0.29) is 10.8 Å². The SMILES string of the molecule is C[SiH](C)c1cc(N(c2cc([Si](C)(C)C)cc([Si](C)(C)C)c2)c2ccc3c(c2)oc2c(C(C)(C)C)c4cc5c(oc6cc(N(c7cc([Si](C)(C)C)cc([Si](C)(C)C)c7)c7cc([Si](C)(C)C)cc([Si](C)(C)C)c7)ccc65)c(C(C)(C)C)c4cc23)cc([Si](C)(C)C)c1. The number of furan rings is 2. The van der Waals surface area contributed by atoms with E-state index in [4.69, 9.17) is 8.83 Å². The summed E-state index contributed by atoms with van der Waals surface area (Å²) in [5.74, 6) is 0. The molecule has 0 amide bonds. The summed E-state index contributed by atoms with van der Waals surface area (Å²) in [5.41, 5.74) is 13.0. The molecule has 8 aromatic carbocycles. The van der Waals surface area contributed by atoms with Crippen LogP contribution in [-0.4, -0.2) is 65.3 Å². The van der Waals surface area contributed by atoms with Gasteiger partial charge in [-0.3, -0.25) is 0 Å². The zero-order chi connectivity index (χ0) is 65.8. The van der Waals surface area contributed by atoms with Gasteiger partial charge in [0.1, 0.15) is 22.3 Å². The highest BCUT2D eigenvalue weighted by Gasteiger charge is 2.34. The van der Waals surface area contributed by atoms with Gasteiger partial charge in [0, 0.05) is 78.9 Å². The second-order valence-corrected chi connectivity index (χ2v) is 74.6. The molecule has 0 aliphatic rings. The Balaban J connectivity index is 1.25. The van der Waals surface area contributed by atoms with E-state index < -0.39 is 65.3 Å². The van der Waals surface area contributed by atoms with E-state index in [1.54, 1.807) is 0 Å². The molecule has 0 fully saturated rings. The smallest absolute Gasteiger partial charge is 0.139 e. The van der Waals surface area contributed by atoms with Gasteiger partial charge in [-0.2, -0.15) is 0 Å². The Kier molecular flexibility index (Phi) is 16.8.